The molecule has 0 aliphatic rings. The summed E-state index contributed by atoms with van der Waals surface area (Å²) in [6.07, 6.45) is 4.25. The standard InChI is InChI=1S/C10H13NO2/c1-3-8-4-9(6-11-5-8)7(2)10(12)13/h4-7H,3H2,1-2H3,(H,12,13). The van der Waals surface area contributed by atoms with Gasteiger partial charge < -0.3 is 5.11 Å². The summed E-state index contributed by atoms with van der Waals surface area (Å²) < 4.78 is 0. The number of carbonyl (C=O) groups is 1. The van der Waals surface area contributed by atoms with Gasteiger partial charge in [0, 0.05) is 12.4 Å². The van der Waals surface area contributed by atoms with Crippen molar-refractivity contribution in [3.63, 3.8) is 0 Å². The van der Waals surface area contributed by atoms with Crippen molar-refractivity contribution in [1.29, 1.82) is 0 Å². The smallest absolute Gasteiger partial charge is 0.310 e. The predicted molar refractivity (Wildman–Crippen MR) is 49.7 cm³/mol. The second-order valence-corrected chi connectivity index (χ2v) is 3.04. The van der Waals surface area contributed by atoms with E-state index in [1.165, 1.54) is 0 Å². The Labute approximate surface area is 77.4 Å². The first-order valence-electron chi connectivity index (χ1n) is 4.31. The van der Waals surface area contributed by atoms with Gasteiger partial charge in [-0.25, -0.2) is 0 Å². The van der Waals surface area contributed by atoms with Gasteiger partial charge in [0.2, 0.25) is 0 Å². The Morgan fingerprint density at radius 3 is 2.85 bits per heavy atom. The number of hydrogen-bond acceptors (Lipinski definition) is 2. The highest BCUT2D eigenvalue weighted by molar-refractivity contribution is 5.75. The molecule has 1 unspecified atom stereocenters. The molecule has 0 amide bonds. The third-order valence-electron chi connectivity index (χ3n) is 2.09. The van der Waals surface area contributed by atoms with Crippen molar-refractivity contribution in [2.75, 3.05) is 0 Å². The van der Waals surface area contributed by atoms with Crippen LogP contribution in [0.4, 0.5) is 0 Å². The molecule has 0 fully saturated rings. The minimum Gasteiger partial charge on any atom is -0.481 e. The van der Waals surface area contributed by atoms with Crippen LogP contribution in [-0.4, -0.2) is 16.1 Å². The Morgan fingerprint density at radius 1 is 1.62 bits per heavy atom. The average molecular weight is 179 g/mol. The van der Waals surface area contributed by atoms with Crippen molar-refractivity contribution in [2.45, 2.75) is 26.2 Å². The fraction of sp³-hybridized carbons (Fsp3) is 0.400. The maximum Gasteiger partial charge on any atom is 0.310 e. The van der Waals surface area contributed by atoms with Gasteiger partial charge in [0.25, 0.3) is 0 Å². The van der Waals surface area contributed by atoms with Gasteiger partial charge in [-0.3, -0.25) is 9.78 Å². The number of nitrogens with zero attached hydrogens (tertiary/aromatic N) is 1. The molecule has 0 aromatic carbocycles. The normalized spacial score (nSPS) is 12.5. The first-order valence-corrected chi connectivity index (χ1v) is 4.31. The highest BCUT2D eigenvalue weighted by Crippen LogP contribution is 2.15. The Morgan fingerprint density at radius 2 is 2.31 bits per heavy atom. The number of aliphatic carboxylic acids is 1. The molecule has 1 N–H and O–H groups in total. The van der Waals surface area contributed by atoms with Gasteiger partial charge in [-0.1, -0.05) is 13.0 Å². The number of rotatable bonds is 3. The van der Waals surface area contributed by atoms with Crippen LogP contribution in [0.3, 0.4) is 0 Å². The van der Waals surface area contributed by atoms with Crippen molar-refractivity contribution in [3.8, 4) is 0 Å². The van der Waals surface area contributed by atoms with Crippen LogP contribution in [0.5, 0.6) is 0 Å². The number of hydrogen-bond donors (Lipinski definition) is 1. The molecule has 1 rings (SSSR count). The molecule has 13 heavy (non-hydrogen) atoms. The lowest BCUT2D eigenvalue weighted by Gasteiger charge is -2.06. The summed E-state index contributed by atoms with van der Waals surface area (Å²) in [7, 11) is 0. The topological polar surface area (TPSA) is 50.2 Å². The summed E-state index contributed by atoms with van der Waals surface area (Å²) in [5.41, 5.74) is 1.84. The minimum atomic E-state index is -0.810. The molecule has 1 aromatic heterocycles. The van der Waals surface area contributed by atoms with Gasteiger partial charge in [0.05, 0.1) is 5.92 Å². The number of carboxylic acid groups (broad SMARTS) is 1. The molecule has 3 nitrogen and oxygen atoms in total. The molecule has 0 saturated heterocycles. The van der Waals surface area contributed by atoms with E-state index in [2.05, 4.69) is 4.98 Å². The van der Waals surface area contributed by atoms with Crippen LogP contribution in [0.2, 0.25) is 0 Å². The molecule has 3 heteroatoms. The second kappa shape index (κ2) is 4.03. The van der Waals surface area contributed by atoms with Crippen LogP contribution in [0.15, 0.2) is 18.5 Å². The zero-order valence-electron chi connectivity index (χ0n) is 7.82. The van der Waals surface area contributed by atoms with E-state index in [0.29, 0.717) is 0 Å². The molecular weight excluding hydrogens is 166 g/mol. The van der Waals surface area contributed by atoms with Gasteiger partial charge >= 0.3 is 5.97 Å². The third kappa shape index (κ3) is 2.28. The summed E-state index contributed by atoms with van der Waals surface area (Å²) in [6.45, 7) is 3.69. The largest absolute Gasteiger partial charge is 0.481 e. The van der Waals surface area contributed by atoms with E-state index in [-0.39, 0.29) is 0 Å². The maximum absolute atomic E-state index is 10.7. The van der Waals surface area contributed by atoms with E-state index in [4.69, 9.17) is 5.11 Å². The van der Waals surface area contributed by atoms with E-state index in [9.17, 15) is 4.79 Å². The van der Waals surface area contributed by atoms with Crippen LogP contribution < -0.4 is 0 Å². The Kier molecular flexibility index (Phi) is 3.01. The zero-order chi connectivity index (χ0) is 9.84. The van der Waals surface area contributed by atoms with Gasteiger partial charge in [-0.05, 0) is 24.5 Å². The van der Waals surface area contributed by atoms with Crippen molar-refractivity contribution in [2.24, 2.45) is 0 Å². The Balaban J connectivity index is 2.94. The molecule has 70 valence electrons. The lowest BCUT2D eigenvalue weighted by molar-refractivity contribution is -0.138. The van der Waals surface area contributed by atoms with Crippen LogP contribution >= 0.6 is 0 Å². The van der Waals surface area contributed by atoms with Gasteiger partial charge in [0.1, 0.15) is 0 Å². The van der Waals surface area contributed by atoms with Crippen LogP contribution in [0.25, 0.3) is 0 Å². The quantitative estimate of drug-likeness (QED) is 0.770. The lowest BCUT2D eigenvalue weighted by Crippen LogP contribution is -2.08. The highest BCUT2D eigenvalue weighted by atomic mass is 16.4. The van der Waals surface area contributed by atoms with Crippen molar-refractivity contribution in [3.05, 3.63) is 29.6 Å². The SMILES string of the molecule is CCc1cncc(C(C)C(=O)O)c1. The highest BCUT2D eigenvalue weighted by Gasteiger charge is 2.13. The predicted octanol–water partition coefficient (Wildman–Crippen LogP) is 1.83. The van der Waals surface area contributed by atoms with Gasteiger partial charge in [-0.15, -0.1) is 0 Å². The molecule has 1 aromatic rings. The first-order chi connectivity index (χ1) is 6.15. The lowest BCUT2D eigenvalue weighted by atomic mass is 10.0. The van der Waals surface area contributed by atoms with E-state index in [0.717, 1.165) is 17.5 Å². The second-order valence-electron chi connectivity index (χ2n) is 3.04. The molecule has 0 aliphatic carbocycles. The van der Waals surface area contributed by atoms with Crippen LogP contribution in [0.1, 0.15) is 30.9 Å². The number of carboxylic acids is 1. The van der Waals surface area contributed by atoms with Crippen LogP contribution in [0, 0.1) is 0 Å². The molecule has 0 radical (unpaired) electrons. The van der Waals surface area contributed by atoms with Crippen molar-refractivity contribution < 1.29 is 9.90 Å². The fourth-order valence-electron chi connectivity index (χ4n) is 1.08. The summed E-state index contributed by atoms with van der Waals surface area (Å²) >= 11 is 0. The van der Waals surface area contributed by atoms with Crippen molar-refractivity contribution >= 4 is 5.97 Å². The van der Waals surface area contributed by atoms with E-state index < -0.39 is 11.9 Å². The van der Waals surface area contributed by atoms with Crippen molar-refractivity contribution in [1.82, 2.24) is 4.98 Å². The third-order valence-corrected chi connectivity index (χ3v) is 2.09. The maximum atomic E-state index is 10.7. The summed E-state index contributed by atoms with van der Waals surface area (Å²) in [6, 6.07) is 1.89. The van der Waals surface area contributed by atoms with Crippen LogP contribution in [-0.2, 0) is 11.2 Å². The summed E-state index contributed by atoms with van der Waals surface area (Å²) in [4.78, 5) is 14.7. The molecule has 1 heterocycles. The van der Waals surface area contributed by atoms with E-state index in [1.54, 1.807) is 19.3 Å². The monoisotopic (exact) mass is 179 g/mol. The number of aryl methyl sites for hydroxylation is 1. The fourth-order valence-corrected chi connectivity index (χ4v) is 1.08. The van der Waals surface area contributed by atoms with E-state index in [1.807, 2.05) is 13.0 Å². The molecule has 0 bridgehead atoms. The average Bonchev–Trinajstić information content (AvgIpc) is 2.16. The molecule has 0 aliphatic heterocycles. The first kappa shape index (κ1) is 9.71. The molecule has 0 saturated carbocycles. The molecule has 0 spiro atoms. The van der Waals surface area contributed by atoms with Gasteiger partial charge in [0.15, 0.2) is 0 Å². The molecule has 1 atom stereocenters. The van der Waals surface area contributed by atoms with Gasteiger partial charge in [-0.2, -0.15) is 0 Å². The minimum absolute atomic E-state index is 0.473. The Bertz CT molecular complexity index is 310. The van der Waals surface area contributed by atoms with E-state index >= 15 is 0 Å². The number of pyridine rings is 1. The number of aromatic nitrogens is 1. The Hall–Kier alpha value is -1.38. The zero-order valence-corrected chi connectivity index (χ0v) is 7.82. The summed E-state index contributed by atoms with van der Waals surface area (Å²) in [5, 5.41) is 8.77. The molecular formula is C10H13NO2. The summed E-state index contributed by atoms with van der Waals surface area (Å²) in [5.74, 6) is -1.28.